The largest absolute Gasteiger partial charge is 0.508 e. The van der Waals surface area contributed by atoms with Crippen LogP contribution in [0.2, 0.25) is 0 Å². The van der Waals surface area contributed by atoms with E-state index in [4.69, 9.17) is 0 Å². The summed E-state index contributed by atoms with van der Waals surface area (Å²) in [5, 5.41) is 12.2. The molecule has 2 N–H and O–H groups in total. The summed E-state index contributed by atoms with van der Waals surface area (Å²) in [4.78, 5) is 16.1. The molecule has 5 heteroatoms. The molecule has 0 aliphatic carbocycles. The number of nitrogens with zero attached hydrogens (tertiary/aromatic N) is 2. The summed E-state index contributed by atoms with van der Waals surface area (Å²) in [6, 6.07) is 13.7. The number of nitrogens with one attached hydrogen (secondary N) is 1. The van der Waals surface area contributed by atoms with Gasteiger partial charge in [0.15, 0.2) is 5.82 Å². The zero-order valence-corrected chi connectivity index (χ0v) is 11.1. The topological polar surface area (TPSA) is 70.9 Å². The molecule has 104 valence electrons. The van der Waals surface area contributed by atoms with E-state index in [1.807, 2.05) is 12.1 Å². The number of phenols is 1. The SMILES string of the molecule is O=c1cc(/C=C/c2ccc(O)cc2)[nH]n1-c1ccccn1. The van der Waals surface area contributed by atoms with E-state index in [1.54, 1.807) is 48.7 Å². The molecule has 5 nitrogen and oxygen atoms in total. The molecule has 0 aliphatic rings. The van der Waals surface area contributed by atoms with Crippen LogP contribution in [0.25, 0.3) is 18.0 Å². The molecule has 0 saturated heterocycles. The Balaban J connectivity index is 1.88. The lowest BCUT2D eigenvalue weighted by molar-refractivity contribution is 0.475. The molecule has 3 aromatic rings. The first-order valence-electron chi connectivity index (χ1n) is 6.43. The maximum absolute atomic E-state index is 11.9. The average molecular weight is 279 g/mol. The fraction of sp³-hybridized carbons (Fsp3) is 0. The summed E-state index contributed by atoms with van der Waals surface area (Å²) < 4.78 is 1.39. The molecule has 2 aromatic heterocycles. The predicted molar refractivity (Wildman–Crippen MR) is 81.2 cm³/mol. The van der Waals surface area contributed by atoms with Gasteiger partial charge in [0, 0.05) is 12.3 Å². The quantitative estimate of drug-likeness (QED) is 0.773. The minimum absolute atomic E-state index is 0.168. The van der Waals surface area contributed by atoms with Crippen LogP contribution in [0.15, 0.2) is 59.5 Å². The maximum atomic E-state index is 11.9. The number of aromatic nitrogens is 3. The van der Waals surface area contributed by atoms with E-state index in [0.717, 1.165) is 5.56 Å². The van der Waals surface area contributed by atoms with E-state index in [1.165, 1.54) is 10.7 Å². The lowest BCUT2D eigenvalue weighted by Gasteiger charge is -1.98. The van der Waals surface area contributed by atoms with Crippen LogP contribution in [-0.2, 0) is 0 Å². The van der Waals surface area contributed by atoms with E-state index in [2.05, 4.69) is 10.1 Å². The summed E-state index contributed by atoms with van der Waals surface area (Å²) in [5.41, 5.74) is 1.44. The summed E-state index contributed by atoms with van der Waals surface area (Å²) >= 11 is 0. The molecule has 21 heavy (non-hydrogen) atoms. The third kappa shape index (κ3) is 2.92. The fourth-order valence-corrected chi connectivity index (χ4v) is 1.93. The number of benzene rings is 1. The molecular formula is C16H13N3O2. The lowest BCUT2D eigenvalue weighted by Crippen LogP contribution is -2.14. The number of hydrogen-bond acceptors (Lipinski definition) is 3. The molecule has 0 bridgehead atoms. The first-order chi connectivity index (χ1) is 10.2. The molecule has 0 radical (unpaired) electrons. The third-order valence-corrected chi connectivity index (χ3v) is 2.97. The molecule has 0 saturated carbocycles. The van der Waals surface area contributed by atoms with Crippen molar-refractivity contribution in [1.82, 2.24) is 14.8 Å². The molecule has 0 atom stereocenters. The highest BCUT2D eigenvalue weighted by Crippen LogP contribution is 2.12. The van der Waals surface area contributed by atoms with Crippen LogP contribution < -0.4 is 5.56 Å². The van der Waals surface area contributed by atoms with Gasteiger partial charge in [-0.3, -0.25) is 9.89 Å². The van der Waals surface area contributed by atoms with Crippen LogP contribution in [-0.4, -0.2) is 19.9 Å². The van der Waals surface area contributed by atoms with Gasteiger partial charge in [-0.2, -0.15) is 0 Å². The van der Waals surface area contributed by atoms with Gasteiger partial charge in [0.2, 0.25) is 0 Å². The highest BCUT2D eigenvalue weighted by molar-refractivity contribution is 5.68. The van der Waals surface area contributed by atoms with Gasteiger partial charge in [-0.15, -0.1) is 0 Å². The number of H-pyrrole nitrogens is 1. The highest BCUT2D eigenvalue weighted by Gasteiger charge is 2.03. The summed E-state index contributed by atoms with van der Waals surface area (Å²) in [5.74, 6) is 0.772. The molecule has 0 fully saturated rings. The van der Waals surface area contributed by atoms with Crippen molar-refractivity contribution in [2.75, 3.05) is 0 Å². The van der Waals surface area contributed by atoms with Crippen molar-refractivity contribution < 1.29 is 5.11 Å². The van der Waals surface area contributed by atoms with Crippen molar-refractivity contribution in [3.05, 3.63) is 76.3 Å². The van der Waals surface area contributed by atoms with Crippen molar-refractivity contribution in [1.29, 1.82) is 0 Å². The van der Waals surface area contributed by atoms with Gasteiger partial charge < -0.3 is 5.11 Å². The number of rotatable bonds is 3. The zero-order valence-electron chi connectivity index (χ0n) is 11.1. The van der Waals surface area contributed by atoms with Gasteiger partial charge in [-0.1, -0.05) is 24.3 Å². The minimum Gasteiger partial charge on any atom is -0.508 e. The van der Waals surface area contributed by atoms with Crippen molar-refractivity contribution in [2.24, 2.45) is 0 Å². The van der Waals surface area contributed by atoms with E-state index in [-0.39, 0.29) is 11.3 Å². The van der Waals surface area contributed by atoms with Gasteiger partial charge in [-0.05, 0) is 35.9 Å². The van der Waals surface area contributed by atoms with Crippen LogP contribution in [0.5, 0.6) is 5.75 Å². The van der Waals surface area contributed by atoms with Gasteiger partial charge >= 0.3 is 0 Å². The van der Waals surface area contributed by atoms with Crippen LogP contribution >= 0.6 is 0 Å². The number of aromatic hydroxyl groups is 1. The smallest absolute Gasteiger partial charge is 0.273 e. The second-order valence-electron chi connectivity index (χ2n) is 4.50. The lowest BCUT2D eigenvalue weighted by atomic mass is 10.2. The second-order valence-corrected chi connectivity index (χ2v) is 4.50. The number of pyridine rings is 1. The summed E-state index contributed by atoms with van der Waals surface area (Å²) in [7, 11) is 0. The predicted octanol–water partition coefficient (Wildman–Crippen LogP) is 2.44. The summed E-state index contributed by atoms with van der Waals surface area (Å²) in [6.45, 7) is 0. The first kappa shape index (κ1) is 12.9. The first-order valence-corrected chi connectivity index (χ1v) is 6.43. The Labute approximate surface area is 120 Å². The average Bonchev–Trinajstić information content (AvgIpc) is 2.89. The van der Waals surface area contributed by atoms with Crippen LogP contribution in [0, 0.1) is 0 Å². The van der Waals surface area contributed by atoms with Gasteiger partial charge in [-0.25, -0.2) is 9.67 Å². The third-order valence-electron chi connectivity index (χ3n) is 2.97. The Morgan fingerprint density at radius 1 is 1.10 bits per heavy atom. The number of aromatic amines is 1. The standard InChI is InChI=1S/C16H13N3O2/c20-14-8-5-12(6-9-14)4-7-13-11-16(21)19(18-13)15-3-1-2-10-17-15/h1-11,18,20H/b7-4+. The minimum atomic E-state index is -0.168. The Kier molecular flexibility index (Phi) is 3.39. The van der Waals surface area contributed by atoms with E-state index < -0.39 is 0 Å². The van der Waals surface area contributed by atoms with Gasteiger partial charge in [0.05, 0.1) is 5.69 Å². The van der Waals surface area contributed by atoms with Crippen LogP contribution in [0.4, 0.5) is 0 Å². The Hall–Kier alpha value is -3.08. The van der Waals surface area contributed by atoms with E-state index in [0.29, 0.717) is 11.5 Å². The Morgan fingerprint density at radius 3 is 2.62 bits per heavy atom. The molecule has 1 aromatic carbocycles. The molecule has 0 unspecified atom stereocenters. The monoisotopic (exact) mass is 279 g/mol. The van der Waals surface area contributed by atoms with E-state index >= 15 is 0 Å². The molecule has 0 aliphatic heterocycles. The molecular weight excluding hydrogens is 266 g/mol. The number of hydrogen-bond donors (Lipinski definition) is 2. The molecule has 3 rings (SSSR count). The fourth-order valence-electron chi connectivity index (χ4n) is 1.93. The van der Waals surface area contributed by atoms with Crippen molar-refractivity contribution >= 4 is 12.2 Å². The number of phenolic OH excluding ortho intramolecular Hbond substituents is 1. The molecule has 2 heterocycles. The van der Waals surface area contributed by atoms with E-state index in [9.17, 15) is 9.90 Å². The van der Waals surface area contributed by atoms with Crippen molar-refractivity contribution in [3.63, 3.8) is 0 Å². The zero-order chi connectivity index (χ0) is 14.7. The second kappa shape index (κ2) is 5.50. The van der Waals surface area contributed by atoms with Crippen molar-refractivity contribution in [2.45, 2.75) is 0 Å². The van der Waals surface area contributed by atoms with Crippen LogP contribution in [0.1, 0.15) is 11.3 Å². The Bertz CT molecular complexity index is 815. The van der Waals surface area contributed by atoms with Gasteiger partial charge in [0.1, 0.15) is 5.75 Å². The normalized spacial score (nSPS) is 11.0. The Morgan fingerprint density at radius 2 is 1.90 bits per heavy atom. The van der Waals surface area contributed by atoms with Crippen molar-refractivity contribution in [3.8, 4) is 11.6 Å². The van der Waals surface area contributed by atoms with Crippen LogP contribution in [0.3, 0.4) is 0 Å². The van der Waals surface area contributed by atoms with Gasteiger partial charge in [0.25, 0.3) is 5.56 Å². The molecule has 0 amide bonds. The highest BCUT2D eigenvalue weighted by atomic mass is 16.3. The maximum Gasteiger partial charge on any atom is 0.273 e. The summed E-state index contributed by atoms with van der Waals surface area (Å²) in [6.07, 6.45) is 5.29. The molecule has 0 spiro atoms.